The van der Waals surface area contributed by atoms with Crippen molar-refractivity contribution < 1.29 is 14.0 Å². The summed E-state index contributed by atoms with van der Waals surface area (Å²) in [5, 5.41) is 12.7. The monoisotopic (exact) mass is 334 g/mol. The van der Waals surface area contributed by atoms with E-state index in [1.165, 1.54) is 6.92 Å². The normalized spacial score (nSPS) is 18.0. The minimum absolute atomic E-state index is 0.0341. The van der Waals surface area contributed by atoms with Crippen molar-refractivity contribution in [2.75, 3.05) is 19.6 Å². The number of aromatic nitrogens is 2. The third-order valence-corrected chi connectivity index (χ3v) is 4.64. The van der Waals surface area contributed by atoms with Gasteiger partial charge in [0.1, 0.15) is 0 Å². The molecular formula is C15H18N4O3S. The molecular weight excluding hydrogens is 316 g/mol. The molecule has 1 N–H and O–H groups in total. The van der Waals surface area contributed by atoms with E-state index in [-0.39, 0.29) is 24.3 Å². The smallest absolute Gasteiger partial charge is 0.257 e. The van der Waals surface area contributed by atoms with Gasteiger partial charge in [0.05, 0.1) is 17.3 Å². The van der Waals surface area contributed by atoms with Crippen LogP contribution in [0.3, 0.4) is 0 Å². The molecule has 23 heavy (non-hydrogen) atoms. The van der Waals surface area contributed by atoms with E-state index >= 15 is 0 Å². The molecule has 0 aromatic carbocycles. The maximum absolute atomic E-state index is 12.1. The Morgan fingerprint density at radius 2 is 2.35 bits per heavy atom. The van der Waals surface area contributed by atoms with Crippen molar-refractivity contribution in [2.24, 2.45) is 0 Å². The highest BCUT2D eigenvalue weighted by Gasteiger charge is 2.28. The molecule has 1 saturated heterocycles. The number of nitrogens with zero attached hydrogens (tertiary/aromatic N) is 3. The molecule has 0 bridgehead atoms. The van der Waals surface area contributed by atoms with Crippen LogP contribution >= 0.6 is 11.3 Å². The number of nitrogens with one attached hydrogen (secondary N) is 1. The lowest BCUT2D eigenvalue weighted by molar-refractivity contribution is -0.133. The second-order valence-corrected chi connectivity index (χ2v) is 6.46. The summed E-state index contributed by atoms with van der Waals surface area (Å²) in [6, 6.07) is 3.87. The van der Waals surface area contributed by atoms with Gasteiger partial charge >= 0.3 is 0 Å². The van der Waals surface area contributed by atoms with Gasteiger partial charge in [0.2, 0.25) is 17.7 Å². The van der Waals surface area contributed by atoms with Crippen LogP contribution in [0.4, 0.5) is 0 Å². The van der Waals surface area contributed by atoms with Crippen LogP contribution < -0.4 is 5.32 Å². The number of carbonyl (C=O) groups is 2. The van der Waals surface area contributed by atoms with Crippen LogP contribution in [-0.4, -0.2) is 46.5 Å². The summed E-state index contributed by atoms with van der Waals surface area (Å²) in [5.74, 6) is 0.862. The van der Waals surface area contributed by atoms with Crippen LogP contribution in [-0.2, 0) is 9.59 Å². The maximum atomic E-state index is 12.1. The number of carbonyl (C=O) groups excluding carboxylic acids is 2. The van der Waals surface area contributed by atoms with Gasteiger partial charge in [-0.15, -0.1) is 21.5 Å². The Hall–Kier alpha value is -2.22. The highest BCUT2D eigenvalue weighted by molar-refractivity contribution is 7.13. The average Bonchev–Trinajstić information content (AvgIpc) is 3.23. The average molecular weight is 334 g/mol. The van der Waals surface area contributed by atoms with Crippen LogP contribution in [0.15, 0.2) is 21.9 Å². The Kier molecular flexibility index (Phi) is 4.71. The minimum Gasteiger partial charge on any atom is -0.420 e. The number of hydrogen-bond acceptors (Lipinski definition) is 6. The third kappa shape index (κ3) is 3.76. The molecule has 2 amide bonds. The lowest BCUT2D eigenvalue weighted by atomic mass is 9.98. The highest BCUT2D eigenvalue weighted by atomic mass is 32.1. The standard InChI is InChI=1S/C15H18N4O3S/c1-10(20)16-8-13(21)19-6-2-4-11(9-19)14-17-18-15(22-14)12-5-3-7-23-12/h3,5,7,11H,2,4,6,8-9H2,1H3,(H,16,20). The SMILES string of the molecule is CC(=O)NCC(=O)N1CCCC(c2nnc(-c3cccs3)o2)C1. The van der Waals surface area contributed by atoms with E-state index in [9.17, 15) is 9.59 Å². The molecule has 0 radical (unpaired) electrons. The van der Waals surface area contributed by atoms with Crippen LogP contribution in [0, 0.1) is 0 Å². The van der Waals surface area contributed by atoms with Crippen molar-refractivity contribution in [3.8, 4) is 10.8 Å². The van der Waals surface area contributed by atoms with Gasteiger partial charge in [-0.05, 0) is 24.3 Å². The predicted octanol–water partition coefficient (Wildman–Crippen LogP) is 1.64. The summed E-state index contributed by atoms with van der Waals surface area (Å²) < 4.78 is 5.77. The van der Waals surface area contributed by atoms with Gasteiger partial charge in [-0.2, -0.15) is 0 Å². The summed E-state index contributed by atoms with van der Waals surface area (Å²) in [5.41, 5.74) is 0. The summed E-state index contributed by atoms with van der Waals surface area (Å²) in [6.45, 7) is 2.68. The van der Waals surface area contributed by atoms with Crippen LogP contribution in [0.1, 0.15) is 31.6 Å². The summed E-state index contributed by atoms with van der Waals surface area (Å²) in [7, 11) is 0. The van der Waals surface area contributed by atoms with Crippen LogP contribution in [0.2, 0.25) is 0 Å². The molecule has 1 fully saturated rings. The second kappa shape index (κ2) is 6.91. The van der Waals surface area contributed by atoms with E-state index in [4.69, 9.17) is 4.42 Å². The second-order valence-electron chi connectivity index (χ2n) is 5.51. The lowest BCUT2D eigenvalue weighted by Crippen LogP contribution is -2.44. The molecule has 1 aliphatic rings. The Bertz CT molecular complexity index is 683. The molecule has 2 aromatic rings. The number of amides is 2. The van der Waals surface area contributed by atoms with Gasteiger partial charge in [-0.1, -0.05) is 6.07 Å². The van der Waals surface area contributed by atoms with Gasteiger partial charge in [0.25, 0.3) is 5.89 Å². The Balaban J connectivity index is 1.64. The van der Waals surface area contributed by atoms with Crippen molar-refractivity contribution >= 4 is 23.2 Å². The molecule has 0 aliphatic carbocycles. The summed E-state index contributed by atoms with van der Waals surface area (Å²) in [6.07, 6.45) is 1.79. The van der Waals surface area contributed by atoms with E-state index in [2.05, 4.69) is 15.5 Å². The first kappa shape index (κ1) is 15.7. The number of thiophene rings is 1. The van der Waals surface area contributed by atoms with E-state index in [1.807, 2.05) is 17.5 Å². The zero-order chi connectivity index (χ0) is 16.2. The molecule has 1 aliphatic heterocycles. The number of rotatable bonds is 4. The van der Waals surface area contributed by atoms with E-state index in [1.54, 1.807) is 16.2 Å². The van der Waals surface area contributed by atoms with E-state index < -0.39 is 0 Å². The zero-order valence-corrected chi connectivity index (χ0v) is 13.6. The molecule has 0 saturated carbocycles. The van der Waals surface area contributed by atoms with Crippen molar-refractivity contribution in [3.63, 3.8) is 0 Å². The highest BCUT2D eigenvalue weighted by Crippen LogP contribution is 2.29. The Labute approximate surface area is 137 Å². The molecule has 2 aromatic heterocycles. The third-order valence-electron chi connectivity index (χ3n) is 3.78. The summed E-state index contributed by atoms with van der Waals surface area (Å²) >= 11 is 1.55. The number of piperidine rings is 1. The maximum Gasteiger partial charge on any atom is 0.257 e. The quantitative estimate of drug-likeness (QED) is 0.918. The Morgan fingerprint density at radius 3 is 3.09 bits per heavy atom. The first-order valence-electron chi connectivity index (χ1n) is 7.53. The molecule has 1 atom stereocenters. The predicted molar refractivity (Wildman–Crippen MR) is 84.8 cm³/mol. The van der Waals surface area contributed by atoms with Crippen molar-refractivity contribution in [3.05, 3.63) is 23.4 Å². The molecule has 7 nitrogen and oxygen atoms in total. The summed E-state index contributed by atoms with van der Waals surface area (Å²) in [4.78, 5) is 25.7. The van der Waals surface area contributed by atoms with Gasteiger partial charge in [0.15, 0.2) is 0 Å². The first-order chi connectivity index (χ1) is 11.1. The molecule has 1 unspecified atom stereocenters. The Morgan fingerprint density at radius 1 is 1.48 bits per heavy atom. The van der Waals surface area contributed by atoms with E-state index in [0.717, 1.165) is 17.7 Å². The molecule has 3 rings (SSSR count). The fourth-order valence-electron chi connectivity index (χ4n) is 2.62. The van der Waals surface area contributed by atoms with Crippen LogP contribution in [0.5, 0.6) is 0 Å². The van der Waals surface area contributed by atoms with Gasteiger partial charge < -0.3 is 14.6 Å². The van der Waals surface area contributed by atoms with Crippen molar-refractivity contribution in [2.45, 2.75) is 25.7 Å². The van der Waals surface area contributed by atoms with Crippen molar-refractivity contribution in [1.82, 2.24) is 20.4 Å². The largest absolute Gasteiger partial charge is 0.420 e. The number of hydrogen-bond donors (Lipinski definition) is 1. The molecule has 122 valence electrons. The fraction of sp³-hybridized carbons (Fsp3) is 0.467. The zero-order valence-electron chi connectivity index (χ0n) is 12.8. The van der Waals surface area contributed by atoms with Gasteiger partial charge in [0, 0.05) is 20.0 Å². The van der Waals surface area contributed by atoms with E-state index in [0.29, 0.717) is 24.9 Å². The van der Waals surface area contributed by atoms with Crippen LogP contribution in [0.25, 0.3) is 10.8 Å². The fourth-order valence-corrected chi connectivity index (χ4v) is 3.26. The van der Waals surface area contributed by atoms with Gasteiger partial charge in [-0.3, -0.25) is 9.59 Å². The molecule has 3 heterocycles. The lowest BCUT2D eigenvalue weighted by Gasteiger charge is -2.31. The van der Waals surface area contributed by atoms with Crippen molar-refractivity contribution in [1.29, 1.82) is 0 Å². The topological polar surface area (TPSA) is 88.3 Å². The first-order valence-corrected chi connectivity index (χ1v) is 8.41. The number of likely N-dealkylation sites (tertiary alicyclic amines) is 1. The molecule has 0 spiro atoms. The molecule has 8 heteroatoms. The van der Waals surface area contributed by atoms with Gasteiger partial charge in [-0.25, -0.2) is 0 Å². The minimum atomic E-state index is -0.204.